The van der Waals surface area contributed by atoms with Crippen LogP contribution >= 0.6 is 0 Å². The molecular formula is C20H23F2NO3S. The van der Waals surface area contributed by atoms with Crippen LogP contribution in [0, 0.1) is 12.8 Å². The smallest absolute Gasteiger partial charge is 0.336 e. The summed E-state index contributed by atoms with van der Waals surface area (Å²) < 4.78 is 46.2. The van der Waals surface area contributed by atoms with Gasteiger partial charge >= 0.3 is 5.97 Å². The molecule has 0 unspecified atom stereocenters. The second-order valence-electron chi connectivity index (χ2n) is 6.17. The van der Waals surface area contributed by atoms with Crippen LogP contribution in [0.25, 0.3) is 0 Å². The number of alkyl halides is 2. The highest BCUT2D eigenvalue weighted by molar-refractivity contribution is 7.85. The molecule has 1 heterocycles. The van der Waals surface area contributed by atoms with Crippen LogP contribution in [-0.2, 0) is 20.3 Å². The first-order valence-electron chi connectivity index (χ1n) is 8.58. The number of hydrogen-bond acceptors (Lipinski definition) is 4. The van der Waals surface area contributed by atoms with Crippen LogP contribution in [0.5, 0.6) is 0 Å². The van der Waals surface area contributed by atoms with Gasteiger partial charge in [-0.25, -0.2) is 4.79 Å². The molecule has 1 N–H and O–H groups in total. The molecule has 146 valence electrons. The molecular weight excluding hydrogens is 372 g/mol. The molecule has 4 nitrogen and oxygen atoms in total. The lowest BCUT2D eigenvalue weighted by molar-refractivity contribution is -0.139. The van der Waals surface area contributed by atoms with Crippen molar-refractivity contribution in [1.82, 2.24) is 5.32 Å². The van der Waals surface area contributed by atoms with E-state index in [0.717, 1.165) is 11.6 Å². The maximum absolute atomic E-state index is 14.2. The zero-order valence-corrected chi connectivity index (χ0v) is 16.2. The van der Waals surface area contributed by atoms with Gasteiger partial charge in [0.1, 0.15) is 0 Å². The Labute approximate surface area is 160 Å². The standard InChI is InChI=1S/C20H23F2NO3S/c1-4-10-20(21,22)18-11-15(17(12-23-18)19(24)26-5-2)13-27(25)16-8-6-14(3)7-9-16/h4,6-9,11-12,15,23H,1,5,10,13H2,2-3H3/t15-,27-/m1/s1. The van der Waals surface area contributed by atoms with Crippen molar-refractivity contribution in [1.29, 1.82) is 0 Å². The first-order chi connectivity index (χ1) is 12.8. The number of esters is 1. The first kappa shape index (κ1) is 21.0. The van der Waals surface area contributed by atoms with E-state index in [4.69, 9.17) is 4.74 Å². The minimum atomic E-state index is -3.15. The number of ether oxygens (including phenoxy) is 1. The number of carbonyl (C=O) groups excluding carboxylic acids is 1. The molecule has 0 saturated carbocycles. The number of allylic oxidation sites excluding steroid dienone is 3. The second-order valence-corrected chi connectivity index (χ2v) is 7.67. The number of carbonyl (C=O) groups is 1. The van der Waals surface area contributed by atoms with Gasteiger partial charge in [0, 0.05) is 29.2 Å². The van der Waals surface area contributed by atoms with Crippen molar-refractivity contribution < 1.29 is 22.5 Å². The predicted molar refractivity (Wildman–Crippen MR) is 102 cm³/mol. The summed E-state index contributed by atoms with van der Waals surface area (Å²) in [6.45, 7) is 7.08. The zero-order valence-electron chi connectivity index (χ0n) is 15.3. The summed E-state index contributed by atoms with van der Waals surface area (Å²) in [5.41, 5.74) is 0.868. The van der Waals surface area contributed by atoms with Crippen LogP contribution in [-0.4, -0.2) is 28.5 Å². The van der Waals surface area contributed by atoms with Crippen LogP contribution < -0.4 is 5.32 Å². The molecule has 1 aliphatic rings. The SMILES string of the molecule is C=CCC(F)(F)C1=C[C@H](C[S@@](=O)c2ccc(C)cc2)C(C(=O)OCC)=CN1. The Kier molecular flexibility index (Phi) is 7.07. The third-order valence-electron chi connectivity index (χ3n) is 4.07. The summed E-state index contributed by atoms with van der Waals surface area (Å²) in [5.74, 6) is -4.51. The molecule has 0 aliphatic carbocycles. The Hall–Kier alpha value is -2.28. The minimum absolute atomic E-state index is 0.00303. The summed E-state index contributed by atoms with van der Waals surface area (Å²) in [6.07, 6.45) is 3.08. The molecule has 0 radical (unpaired) electrons. The number of nitrogens with one attached hydrogen (secondary N) is 1. The van der Waals surface area contributed by atoms with Gasteiger partial charge < -0.3 is 10.1 Å². The molecule has 0 bridgehead atoms. The highest BCUT2D eigenvalue weighted by Crippen LogP contribution is 2.32. The molecule has 1 aromatic rings. The quantitative estimate of drug-likeness (QED) is 0.536. The van der Waals surface area contributed by atoms with E-state index >= 15 is 0 Å². The number of hydrogen-bond donors (Lipinski definition) is 1. The normalized spacial score (nSPS) is 18.0. The molecule has 27 heavy (non-hydrogen) atoms. The van der Waals surface area contributed by atoms with E-state index in [1.807, 2.05) is 19.1 Å². The van der Waals surface area contributed by atoms with Crippen molar-refractivity contribution in [2.75, 3.05) is 12.4 Å². The monoisotopic (exact) mass is 395 g/mol. The molecule has 7 heteroatoms. The lowest BCUT2D eigenvalue weighted by atomic mass is 9.95. The van der Waals surface area contributed by atoms with Gasteiger partial charge in [-0.2, -0.15) is 8.78 Å². The van der Waals surface area contributed by atoms with Gasteiger partial charge in [-0.05, 0) is 26.0 Å². The van der Waals surface area contributed by atoms with Gasteiger partial charge in [0.25, 0.3) is 5.92 Å². The summed E-state index contributed by atoms with van der Waals surface area (Å²) >= 11 is 0. The van der Waals surface area contributed by atoms with Crippen LogP contribution in [0.2, 0.25) is 0 Å². The average molecular weight is 395 g/mol. The number of benzene rings is 1. The van der Waals surface area contributed by atoms with Crippen LogP contribution in [0.1, 0.15) is 18.9 Å². The van der Waals surface area contributed by atoms with Crippen molar-refractivity contribution >= 4 is 16.8 Å². The summed E-state index contributed by atoms with van der Waals surface area (Å²) in [7, 11) is -1.46. The largest absolute Gasteiger partial charge is 0.463 e. The minimum Gasteiger partial charge on any atom is -0.463 e. The Bertz CT molecular complexity index is 785. The molecule has 1 aromatic carbocycles. The van der Waals surface area contributed by atoms with E-state index < -0.39 is 35.0 Å². The number of rotatable bonds is 8. The first-order valence-corrected chi connectivity index (χ1v) is 9.90. The van der Waals surface area contributed by atoms with Crippen molar-refractivity contribution in [2.24, 2.45) is 5.92 Å². The molecule has 2 rings (SSSR count). The molecule has 0 aromatic heterocycles. The molecule has 2 atom stereocenters. The number of halogens is 2. The molecule has 0 spiro atoms. The van der Waals surface area contributed by atoms with Gasteiger partial charge in [0.2, 0.25) is 0 Å². The van der Waals surface area contributed by atoms with E-state index in [2.05, 4.69) is 11.9 Å². The fourth-order valence-corrected chi connectivity index (χ4v) is 3.87. The molecule has 0 saturated heterocycles. The number of aryl methyl sites for hydroxylation is 1. The van der Waals surface area contributed by atoms with Crippen molar-refractivity contribution in [2.45, 2.75) is 31.1 Å². The average Bonchev–Trinajstić information content (AvgIpc) is 2.62. The fraction of sp³-hybridized carbons (Fsp3) is 0.350. The van der Waals surface area contributed by atoms with Crippen LogP contribution in [0.15, 0.2) is 65.4 Å². The second kappa shape index (κ2) is 9.08. The lowest BCUT2D eigenvalue weighted by Gasteiger charge is -2.26. The van der Waals surface area contributed by atoms with E-state index in [1.165, 1.54) is 12.3 Å². The van der Waals surface area contributed by atoms with Gasteiger partial charge in [0.15, 0.2) is 0 Å². The van der Waals surface area contributed by atoms with Gasteiger partial charge in [-0.15, -0.1) is 6.58 Å². The topological polar surface area (TPSA) is 55.4 Å². The maximum Gasteiger partial charge on any atom is 0.336 e. The highest BCUT2D eigenvalue weighted by atomic mass is 32.2. The molecule has 1 aliphatic heterocycles. The van der Waals surface area contributed by atoms with E-state index in [0.29, 0.717) is 4.90 Å². The lowest BCUT2D eigenvalue weighted by Crippen LogP contribution is -2.34. The van der Waals surface area contributed by atoms with Crippen LogP contribution in [0.3, 0.4) is 0 Å². The zero-order chi connectivity index (χ0) is 20.0. The Balaban J connectivity index is 2.29. The van der Waals surface area contributed by atoms with Crippen LogP contribution in [0.4, 0.5) is 8.78 Å². The third kappa shape index (κ3) is 5.35. The maximum atomic E-state index is 14.2. The van der Waals surface area contributed by atoms with Crippen molar-refractivity contribution in [3.05, 3.63) is 66.0 Å². The summed E-state index contributed by atoms with van der Waals surface area (Å²) in [5, 5.41) is 2.49. The Morgan fingerprint density at radius 3 is 2.63 bits per heavy atom. The third-order valence-corrected chi connectivity index (χ3v) is 5.53. The van der Waals surface area contributed by atoms with E-state index in [-0.39, 0.29) is 23.6 Å². The van der Waals surface area contributed by atoms with E-state index in [9.17, 15) is 17.8 Å². The van der Waals surface area contributed by atoms with E-state index in [1.54, 1.807) is 19.1 Å². The van der Waals surface area contributed by atoms with Gasteiger partial charge in [-0.1, -0.05) is 29.8 Å². The fourth-order valence-electron chi connectivity index (χ4n) is 2.63. The molecule has 0 fully saturated rings. The molecule has 0 amide bonds. The predicted octanol–water partition coefficient (Wildman–Crippen LogP) is 3.86. The number of dihydropyridines is 1. The van der Waals surface area contributed by atoms with Gasteiger partial charge in [-0.3, -0.25) is 4.21 Å². The Morgan fingerprint density at radius 1 is 1.37 bits per heavy atom. The summed E-state index contributed by atoms with van der Waals surface area (Å²) in [4.78, 5) is 12.8. The van der Waals surface area contributed by atoms with Gasteiger partial charge in [0.05, 0.1) is 28.7 Å². The van der Waals surface area contributed by atoms with Crippen molar-refractivity contribution in [3.63, 3.8) is 0 Å². The van der Waals surface area contributed by atoms with Crippen molar-refractivity contribution in [3.8, 4) is 0 Å². The Morgan fingerprint density at radius 2 is 2.04 bits per heavy atom. The summed E-state index contributed by atoms with van der Waals surface area (Å²) in [6, 6.07) is 7.13. The highest BCUT2D eigenvalue weighted by Gasteiger charge is 2.37.